The van der Waals surface area contributed by atoms with Gasteiger partial charge in [0, 0.05) is 12.5 Å². The first-order valence-electron chi connectivity index (χ1n) is 9.37. The lowest BCUT2D eigenvalue weighted by Gasteiger charge is -2.30. The molecule has 0 spiro atoms. The minimum absolute atomic E-state index is 0.137. The van der Waals surface area contributed by atoms with Crippen LogP contribution in [0.2, 0.25) is 5.02 Å². The summed E-state index contributed by atoms with van der Waals surface area (Å²) in [5, 5.41) is -0.165. The highest BCUT2D eigenvalue weighted by molar-refractivity contribution is 6.31. The van der Waals surface area contributed by atoms with E-state index in [0.29, 0.717) is 0 Å². The van der Waals surface area contributed by atoms with Gasteiger partial charge in [0.15, 0.2) is 11.8 Å². The van der Waals surface area contributed by atoms with Gasteiger partial charge in [0.25, 0.3) is 0 Å². The molecule has 7 heteroatoms. The molecule has 2 saturated heterocycles. The highest BCUT2D eigenvalue weighted by Crippen LogP contribution is 2.45. The van der Waals surface area contributed by atoms with E-state index in [0.717, 1.165) is 27.0 Å². The highest BCUT2D eigenvalue weighted by Gasteiger charge is 2.67. The van der Waals surface area contributed by atoms with Gasteiger partial charge >= 0.3 is 0 Å². The van der Waals surface area contributed by atoms with Crippen LogP contribution < -0.4 is 9.80 Å². The van der Waals surface area contributed by atoms with E-state index in [1.807, 2.05) is 36.5 Å². The van der Waals surface area contributed by atoms with Crippen LogP contribution in [0.5, 0.6) is 0 Å². The molecule has 2 aromatic carbocycles. The first kappa shape index (κ1) is 18.2. The highest BCUT2D eigenvalue weighted by atomic mass is 35.5. The summed E-state index contributed by atoms with van der Waals surface area (Å²) in [4.78, 5) is 41.2. The van der Waals surface area contributed by atoms with Crippen LogP contribution in [-0.4, -0.2) is 23.6 Å². The third-order valence-corrected chi connectivity index (χ3v) is 6.51. The van der Waals surface area contributed by atoms with E-state index < -0.39 is 29.6 Å². The zero-order valence-corrected chi connectivity index (χ0v) is 16.2. The number of ketones is 1. The number of fused-ring (bicyclic) bond motifs is 5. The smallest absolute Gasteiger partial charge is 0.244 e. The molecule has 5 nitrogen and oxygen atoms in total. The number of rotatable bonds is 2. The van der Waals surface area contributed by atoms with Crippen molar-refractivity contribution in [1.29, 1.82) is 0 Å². The van der Waals surface area contributed by atoms with Crippen molar-refractivity contribution in [3.8, 4) is 0 Å². The quantitative estimate of drug-likeness (QED) is 0.770. The van der Waals surface area contributed by atoms with Gasteiger partial charge in [-0.2, -0.15) is 0 Å². The Morgan fingerprint density at radius 1 is 1.10 bits per heavy atom. The van der Waals surface area contributed by atoms with Crippen LogP contribution in [0.1, 0.15) is 24.1 Å². The van der Waals surface area contributed by atoms with Crippen LogP contribution in [0.25, 0.3) is 6.08 Å². The molecular weight excluding hydrogens is 395 g/mol. The van der Waals surface area contributed by atoms with Crippen LogP contribution in [-0.2, 0) is 14.4 Å². The van der Waals surface area contributed by atoms with E-state index in [1.165, 1.54) is 19.1 Å². The monoisotopic (exact) mass is 411 g/mol. The van der Waals surface area contributed by atoms with Gasteiger partial charge in [0.05, 0.1) is 16.9 Å². The molecule has 3 aliphatic heterocycles. The number of carbonyl (C=O) groups is 3. The van der Waals surface area contributed by atoms with Crippen molar-refractivity contribution in [3.63, 3.8) is 0 Å². The minimum atomic E-state index is -0.764. The van der Waals surface area contributed by atoms with E-state index >= 15 is 0 Å². The Kier molecular flexibility index (Phi) is 3.98. The molecule has 2 fully saturated rings. The normalized spacial score (nSPS) is 29.6. The lowest BCUT2D eigenvalue weighted by molar-refractivity contribution is -0.884. The third-order valence-electron chi connectivity index (χ3n) is 6.22. The second kappa shape index (κ2) is 6.34. The van der Waals surface area contributed by atoms with Crippen molar-refractivity contribution in [3.05, 3.63) is 70.6 Å². The summed E-state index contributed by atoms with van der Waals surface area (Å²) in [6.45, 7) is 1.46. The van der Waals surface area contributed by atoms with Gasteiger partial charge < -0.3 is 0 Å². The molecule has 0 aliphatic carbocycles. The summed E-state index contributed by atoms with van der Waals surface area (Å²) in [6.07, 6.45) is 3.82. The topological polar surface area (TPSA) is 58.9 Å². The summed E-state index contributed by atoms with van der Waals surface area (Å²) in [5.74, 6) is -3.00. The molecule has 1 N–H and O–H groups in total. The fourth-order valence-electron chi connectivity index (χ4n) is 5.10. The van der Waals surface area contributed by atoms with Gasteiger partial charge in [0.1, 0.15) is 23.7 Å². The Morgan fingerprint density at radius 3 is 2.55 bits per heavy atom. The fourth-order valence-corrected chi connectivity index (χ4v) is 5.28. The molecule has 0 bridgehead atoms. The number of anilines is 1. The molecule has 1 unspecified atom stereocenters. The van der Waals surface area contributed by atoms with Crippen molar-refractivity contribution >= 4 is 41.0 Å². The van der Waals surface area contributed by atoms with Crippen LogP contribution >= 0.6 is 11.6 Å². The molecule has 0 radical (unpaired) electrons. The van der Waals surface area contributed by atoms with Crippen LogP contribution in [0.15, 0.2) is 48.7 Å². The van der Waals surface area contributed by atoms with E-state index in [9.17, 15) is 18.8 Å². The average Bonchev–Trinajstić information content (AvgIpc) is 3.17. The van der Waals surface area contributed by atoms with Gasteiger partial charge in [-0.15, -0.1) is 0 Å². The number of benzene rings is 2. The van der Waals surface area contributed by atoms with Crippen molar-refractivity contribution in [2.75, 3.05) is 4.90 Å². The van der Waals surface area contributed by atoms with E-state index in [-0.39, 0.29) is 28.4 Å². The van der Waals surface area contributed by atoms with E-state index in [2.05, 4.69) is 0 Å². The number of nitrogens with one attached hydrogen (secondary N) is 1. The van der Waals surface area contributed by atoms with Crippen molar-refractivity contribution in [2.24, 2.45) is 11.8 Å². The van der Waals surface area contributed by atoms with E-state index in [1.54, 1.807) is 0 Å². The minimum Gasteiger partial charge on any atom is -0.293 e. The molecule has 2 aromatic rings. The summed E-state index contributed by atoms with van der Waals surface area (Å²) in [7, 11) is 0. The summed E-state index contributed by atoms with van der Waals surface area (Å²) < 4.78 is 13.6. The summed E-state index contributed by atoms with van der Waals surface area (Å²) >= 11 is 5.87. The fraction of sp³-hybridized carbons (Fsp3) is 0.227. The lowest BCUT2D eigenvalue weighted by Crippen LogP contribution is -3.12. The maximum absolute atomic E-state index is 13.6. The Morgan fingerprint density at radius 2 is 1.83 bits per heavy atom. The van der Waals surface area contributed by atoms with Crippen LogP contribution in [0.4, 0.5) is 10.1 Å². The first-order chi connectivity index (χ1) is 13.9. The predicted octanol–water partition coefficient (Wildman–Crippen LogP) is 2.17. The van der Waals surface area contributed by atoms with Crippen LogP contribution in [0.3, 0.4) is 0 Å². The molecular formula is C22H17ClFN2O3+. The van der Waals surface area contributed by atoms with Gasteiger partial charge in [0.2, 0.25) is 11.8 Å². The van der Waals surface area contributed by atoms with Crippen molar-refractivity contribution in [1.82, 2.24) is 0 Å². The van der Waals surface area contributed by atoms with Gasteiger partial charge in [-0.25, -0.2) is 9.29 Å². The Labute approximate surface area is 171 Å². The maximum Gasteiger partial charge on any atom is 0.244 e. The molecule has 5 rings (SSSR count). The second-order valence-corrected chi connectivity index (χ2v) is 8.10. The number of Topliss-reactive ketones (excluding diaryl/α,β-unsaturated/α-hetero) is 1. The van der Waals surface area contributed by atoms with E-state index in [4.69, 9.17) is 11.6 Å². The maximum atomic E-state index is 13.6. The number of amides is 2. The summed E-state index contributed by atoms with van der Waals surface area (Å²) in [6, 6.07) is 10.5. The molecule has 3 aliphatic rings. The second-order valence-electron chi connectivity index (χ2n) is 7.69. The number of quaternary nitrogens is 1. The SMILES string of the molecule is CC(=O)[C@H]1[C@@H]2C(=O)N(c3ccc(F)c(Cl)c3)C(=O)[C@@H]2[C@@H]2c3ccccc3C=C[NH+]12. The van der Waals surface area contributed by atoms with Gasteiger partial charge in [-0.1, -0.05) is 35.9 Å². The third kappa shape index (κ3) is 2.46. The number of carbonyl (C=O) groups excluding carboxylic acids is 3. The Balaban J connectivity index is 1.65. The number of imide groups is 1. The standard InChI is InChI=1S/C22H16ClFN2O3/c1-11(27)19-17-18(20-14-5-3-2-4-12(14)8-9-25(19)20)22(29)26(21(17)28)13-6-7-16(24)15(23)10-13/h2-10,17-20H,1H3/p+1/t17-,18+,19+,20+/m1/s1. The van der Waals surface area contributed by atoms with Gasteiger partial charge in [-0.3, -0.25) is 19.3 Å². The zero-order valence-electron chi connectivity index (χ0n) is 15.4. The average molecular weight is 412 g/mol. The molecule has 0 saturated carbocycles. The van der Waals surface area contributed by atoms with Crippen molar-refractivity contribution in [2.45, 2.75) is 19.0 Å². The summed E-state index contributed by atoms with van der Waals surface area (Å²) in [5.41, 5.74) is 2.15. The van der Waals surface area contributed by atoms with Crippen LogP contribution in [0, 0.1) is 17.7 Å². The Bertz CT molecular complexity index is 1110. The molecule has 0 aromatic heterocycles. The first-order valence-corrected chi connectivity index (χ1v) is 9.75. The number of halogens is 2. The number of hydrogen-bond acceptors (Lipinski definition) is 3. The number of nitrogens with zero attached hydrogens (tertiary/aromatic N) is 1. The molecule has 2 amide bonds. The molecule has 29 heavy (non-hydrogen) atoms. The largest absolute Gasteiger partial charge is 0.293 e. The Hall–Kier alpha value is -2.83. The predicted molar refractivity (Wildman–Crippen MR) is 105 cm³/mol. The molecule has 146 valence electrons. The molecule has 3 heterocycles. The zero-order chi connectivity index (χ0) is 20.4. The van der Waals surface area contributed by atoms with Crippen molar-refractivity contribution < 1.29 is 23.7 Å². The van der Waals surface area contributed by atoms with Gasteiger partial charge in [-0.05, 0) is 29.8 Å². The lowest BCUT2D eigenvalue weighted by atomic mass is 9.84. The molecule has 5 atom stereocenters. The number of hydrogen-bond donors (Lipinski definition) is 1.